The van der Waals surface area contributed by atoms with E-state index in [1.54, 1.807) is 0 Å². The summed E-state index contributed by atoms with van der Waals surface area (Å²) in [6.45, 7) is 0.696. The van der Waals surface area contributed by atoms with E-state index in [9.17, 15) is 13.6 Å². The third kappa shape index (κ3) is 2.17. The maximum atomic E-state index is 13.0. The Morgan fingerprint density at radius 3 is 2.22 bits per heavy atom. The fraction of sp³-hybridized carbons (Fsp3) is 0.462. The van der Waals surface area contributed by atoms with Crippen LogP contribution in [-0.4, -0.2) is 30.6 Å². The van der Waals surface area contributed by atoms with E-state index in [1.165, 1.54) is 0 Å². The molecule has 3 nitrogen and oxygen atoms in total. The summed E-state index contributed by atoms with van der Waals surface area (Å²) in [7, 11) is 0. The topological polar surface area (TPSA) is 40.5 Å². The first-order chi connectivity index (χ1) is 8.56. The number of piperidine rings is 1. The van der Waals surface area contributed by atoms with Crippen LogP contribution in [0.3, 0.4) is 0 Å². The standard InChI is InChI=1S/C13H15F2NO2/c14-11(15)13(12(17)18)6-8-16(9-7-13)10-4-2-1-3-5-10/h1-5,11H,6-9H2,(H,17,18). The van der Waals surface area contributed by atoms with Crippen LogP contribution in [-0.2, 0) is 4.79 Å². The zero-order chi connectivity index (χ0) is 13.2. The number of aliphatic carboxylic acids is 1. The second-order valence-corrected chi connectivity index (χ2v) is 4.58. The molecule has 5 heteroatoms. The molecule has 1 N–H and O–H groups in total. The number of hydrogen-bond acceptors (Lipinski definition) is 2. The Balaban J connectivity index is 2.10. The van der Waals surface area contributed by atoms with Gasteiger partial charge in [0, 0.05) is 18.8 Å². The van der Waals surface area contributed by atoms with Gasteiger partial charge in [-0.1, -0.05) is 18.2 Å². The lowest BCUT2D eigenvalue weighted by atomic mass is 9.78. The molecule has 0 unspecified atom stereocenters. The first-order valence-corrected chi connectivity index (χ1v) is 5.88. The van der Waals surface area contributed by atoms with Crippen LogP contribution >= 0.6 is 0 Å². The third-order valence-corrected chi connectivity index (χ3v) is 3.62. The maximum Gasteiger partial charge on any atom is 0.315 e. The molecule has 1 aromatic rings. The number of alkyl halides is 2. The highest BCUT2D eigenvalue weighted by Crippen LogP contribution is 2.39. The van der Waals surface area contributed by atoms with E-state index < -0.39 is 17.8 Å². The van der Waals surface area contributed by atoms with Crippen LogP contribution in [0.5, 0.6) is 0 Å². The number of halogens is 2. The quantitative estimate of drug-likeness (QED) is 0.902. The van der Waals surface area contributed by atoms with Crippen molar-refractivity contribution in [2.75, 3.05) is 18.0 Å². The molecule has 0 spiro atoms. The predicted molar refractivity (Wildman–Crippen MR) is 64.0 cm³/mol. The van der Waals surface area contributed by atoms with Gasteiger partial charge in [0.25, 0.3) is 6.43 Å². The highest BCUT2D eigenvalue weighted by molar-refractivity contribution is 5.75. The summed E-state index contributed by atoms with van der Waals surface area (Å²) in [5.74, 6) is -1.38. The van der Waals surface area contributed by atoms with E-state index in [0.717, 1.165) is 5.69 Å². The van der Waals surface area contributed by atoms with Crippen molar-refractivity contribution in [3.8, 4) is 0 Å². The third-order valence-electron chi connectivity index (χ3n) is 3.62. The number of rotatable bonds is 3. The first kappa shape index (κ1) is 12.8. The highest BCUT2D eigenvalue weighted by atomic mass is 19.3. The monoisotopic (exact) mass is 255 g/mol. The highest BCUT2D eigenvalue weighted by Gasteiger charge is 2.49. The molecule has 0 bridgehead atoms. The number of hydrogen-bond donors (Lipinski definition) is 1. The molecular weight excluding hydrogens is 240 g/mol. The first-order valence-electron chi connectivity index (χ1n) is 5.88. The molecule has 0 amide bonds. The molecule has 0 atom stereocenters. The molecule has 1 heterocycles. The van der Waals surface area contributed by atoms with Gasteiger partial charge < -0.3 is 10.0 Å². The molecule has 2 rings (SSSR count). The fourth-order valence-electron chi connectivity index (χ4n) is 2.33. The summed E-state index contributed by atoms with van der Waals surface area (Å²) in [5, 5.41) is 9.02. The second-order valence-electron chi connectivity index (χ2n) is 4.58. The molecule has 1 fully saturated rings. The van der Waals surface area contributed by atoms with Gasteiger partial charge in [-0.3, -0.25) is 4.79 Å². The van der Waals surface area contributed by atoms with E-state index in [-0.39, 0.29) is 12.8 Å². The van der Waals surface area contributed by atoms with Crippen molar-refractivity contribution in [2.24, 2.45) is 5.41 Å². The van der Waals surface area contributed by atoms with E-state index in [0.29, 0.717) is 13.1 Å². The van der Waals surface area contributed by atoms with Crippen LogP contribution in [0.25, 0.3) is 0 Å². The largest absolute Gasteiger partial charge is 0.481 e. The number of carbonyl (C=O) groups is 1. The molecule has 0 aliphatic carbocycles. The molecule has 18 heavy (non-hydrogen) atoms. The minimum Gasteiger partial charge on any atom is -0.481 e. The maximum absolute atomic E-state index is 13.0. The van der Waals surface area contributed by atoms with Crippen LogP contribution in [0.2, 0.25) is 0 Å². The van der Waals surface area contributed by atoms with Crippen molar-refractivity contribution in [1.82, 2.24) is 0 Å². The second kappa shape index (κ2) is 4.92. The van der Waals surface area contributed by atoms with Gasteiger partial charge in [-0.15, -0.1) is 0 Å². The molecule has 0 saturated carbocycles. The summed E-state index contributed by atoms with van der Waals surface area (Å²) < 4.78 is 25.9. The zero-order valence-corrected chi connectivity index (χ0v) is 9.85. The van der Waals surface area contributed by atoms with Crippen molar-refractivity contribution in [3.05, 3.63) is 30.3 Å². The number of nitrogens with zero attached hydrogens (tertiary/aromatic N) is 1. The number of benzene rings is 1. The average Bonchev–Trinajstić information content (AvgIpc) is 2.39. The Labute approximate surface area is 104 Å². The van der Waals surface area contributed by atoms with E-state index >= 15 is 0 Å². The minimum atomic E-state index is -2.81. The summed E-state index contributed by atoms with van der Waals surface area (Å²) in [4.78, 5) is 13.0. The Morgan fingerprint density at radius 1 is 1.22 bits per heavy atom. The van der Waals surface area contributed by atoms with E-state index in [1.807, 2.05) is 35.2 Å². The van der Waals surface area contributed by atoms with Gasteiger partial charge in [0.15, 0.2) is 0 Å². The molecule has 1 aromatic carbocycles. The molecule has 0 aromatic heterocycles. The molecular formula is C13H15F2NO2. The average molecular weight is 255 g/mol. The van der Waals surface area contributed by atoms with Crippen LogP contribution in [0.15, 0.2) is 30.3 Å². The normalized spacial score (nSPS) is 18.9. The van der Waals surface area contributed by atoms with Gasteiger partial charge >= 0.3 is 5.97 Å². The van der Waals surface area contributed by atoms with Crippen LogP contribution in [0.1, 0.15) is 12.8 Å². The Bertz CT molecular complexity index is 414. The Morgan fingerprint density at radius 2 is 1.78 bits per heavy atom. The van der Waals surface area contributed by atoms with Gasteiger partial charge in [0.1, 0.15) is 5.41 Å². The fourth-order valence-corrected chi connectivity index (χ4v) is 2.33. The molecule has 98 valence electrons. The molecule has 1 aliphatic rings. The van der Waals surface area contributed by atoms with E-state index in [4.69, 9.17) is 5.11 Å². The van der Waals surface area contributed by atoms with Gasteiger partial charge in [-0.05, 0) is 25.0 Å². The molecule has 1 saturated heterocycles. The van der Waals surface area contributed by atoms with Crippen molar-refractivity contribution >= 4 is 11.7 Å². The van der Waals surface area contributed by atoms with Crippen molar-refractivity contribution < 1.29 is 18.7 Å². The smallest absolute Gasteiger partial charge is 0.315 e. The van der Waals surface area contributed by atoms with Gasteiger partial charge in [-0.2, -0.15) is 0 Å². The molecule has 0 radical (unpaired) electrons. The van der Waals surface area contributed by atoms with Crippen molar-refractivity contribution in [3.63, 3.8) is 0 Å². The predicted octanol–water partition coefficient (Wildman–Crippen LogP) is 2.62. The lowest BCUT2D eigenvalue weighted by Crippen LogP contribution is -2.48. The van der Waals surface area contributed by atoms with Crippen LogP contribution < -0.4 is 4.90 Å². The van der Waals surface area contributed by atoms with Gasteiger partial charge in [-0.25, -0.2) is 8.78 Å². The van der Waals surface area contributed by atoms with Crippen molar-refractivity contribution in [2.45, 2.75) is 19.3 Å². The molecule has 1 aliphatic heterocycles. The summed E-state index contributed by atoms with van der Waals surface area (Å²) in [5.41, 5.74) is -0.920. The number of carboxylic acid groups (broad SMARTS) is 1. The van der Waals surface area contributed by atoms with E-state index in [2.05, 4.69) is 0 Å². The summed E-state index contributed by atoms with van der Waals surface area (Å²) >= 11 is 0. The van der Waals surface area contributed by atoms with Crippen LogP contribution in [0, 0.1) is 5.41 Å². The Hall–Kier alpha value is -1.65. The Kier molecular flexibility index (Phi) is 3.50. The number of para-hydroxylation sites is 1. The number of anilines is 1. The van der Waals surface area contributed by atoms with Gasteiger partial charge in [0.2, 0.25) is 0 Å². The lowest BCUT2D eigenvalue weighted by molar-refractivity contribution is -0.161. The van der Waals surface area contributed by atoms with Crippen LogP contribution in [0.4, 0.5) is 14.5 Å². The lowest BCUT2D eigenvalue weighted by Gasteiger charge is -2.39. The summed E-state index contributed by atoms with van der Waals surface area (Å²) in [6, 6.07) is 9.43. The van der Waals surface area contributed by atoms with Crippen molar-refractivity contribution in [1.29, 1.82) is 0 Å². The summed E-state index contributed by atoms with van der Waals surface area (Å²) in [6.07, 6.45) is -2.85. The SMILES string of the molecule is O=C(O)C1(C(F)F)CCN(c2ccccc2)CC1. The minimum absolute atomic E-state index is 0.0190. The number of carboxylic acids is 1. The van der Waals surface area contributed by atoms with Gasteiger partial charge in [0.05, 0.1) is 0 Å². The zero-order valence-electron chi connectivity index (χ0n) is 9.85.